The summed E-state index contributed by atoms with van der Waals surface area (Å²) in [5.74, 6) is -1.72. The molecule has 0 amide bonds. The molecule has 0 atom stereocenters. The highest BCUT2D eigenvalue weighted by Crippen LogP contribution is 2.26. The fourth-order valence-electron chi connectivity index (χ4n) is 1.33. The Morgan fingerprint density at radius 3 is 2.47 bits per heavy atom. The molecular weight excluding hydrogens is 268 g/mol. The van der Waals surface area contributed by atoms with Gasteiger partial charge in [-0.1, -0.05) is 11.6 Å². The van der Waals surface area contributed by atoms with E-state index in [-0.39, 0.29) is 21.0 Å². The van der Waals surface area contributed by atoms with E-state index in [1.54, 1.807) is 0 Å². The Hall–Kier alpha value is -1.11. The lowest BCUT2D eigenvalue weighted by Gasteiger charge is -2.09. The van der Waals surface area contributed by atoms with Crippen LogP contribution in [0, 0.1) is 6.92 Å². The Morgan fingerprint density at radius 1 is 1.41 bits per heavy atom. The molecule has 1 aromatic rings. The topological polar surface area (TPSA) is 91.7 Å². The van der Waals surface area contributed by atoms with Gasteiger partial charge in [0.1, 0.15) is 0 Å². The van der Waals surface area contributed by atoms with E-state index in [2.05, 4.69) is 0 Å². The molecule has 0 heterocycles. The van der Waals surface area contributed by atoms with Crippen molar-refractivity contribution in [1.82, 2.24) is 0 Å². The van der Waals surface area contributed by atoms with Crippen LogP contribution in [-0.2, 0) is 9.84 Å². The van der Waals surface area contributed by atoms with Crippen LogP contribution in [0.1, 0.15) is 15.9 Å². The maximum atomic E-state index is 11.8. The molecule has 94 valence electrons. The Labute approximate surface area is 104 Å². The summed E-state index contributed by atoms with van der Waals surface area (Å²) in [5, 5.41) is 17.6. The number of carboxylic acid groups (broad SMARTS) is 1. The van der Waals surface area contributed by atoms with Crippen LogP contribution in [0.4, 0.5) is 0 Å². The third-order valence-electron chi connectivity index (χ3n) is 2.24. The number of halogens is 1. The first-order valence-corrected chi connectivity index (χ1v) is 6.69. The maximum Gasteiger partial charge on any atom is 0.335 e. The standard InChI is InChI=1S/C10H11ClO5S/c1-6-8(11)4-7(10(13)14)5-9(6)17(15,16)3-2-12/h4-5,12H,2-3H2,1H3,(H,13,14). The van der Waals surface area contributed by atoms with Gasteiger partial charge in [-0.25, -0.2) is 13.2 Å². The summed E-state index contributed by atoms with van der Waals surface area (Å²) in [6.07, 6.45) is 0. The smallest absolute Gasteiger partial charge is 0.335 e. The first-order valence-electron chi connectivity index (χ1n) is 4.66. The van der Waals surface area contributed by atoms with E-state index in [4.69, 9.17) is 21.8 Å². The quantitative estimate of drug-likeness (QED) is 0.861. The van der Waals surface area contributed by atoms with Gasteiger partial charge < -0.3 is 10.2 Å². The molecule has 1 rings (SSSR count). The summed E-state index contributed by atoms with van der Waals surface area (Å²) >= 11 is 5.78. The summed E-state index contributed by atoms with van der Waals surface area (Å²) in [5.41, 5.74) is 0.0854. The number of aliphatic hydroxyl groups is 1. The number of aromatic carboxylic acids is 1. The van der Waals surface area contributed by atoms with Gasteiger partial charge in [0.05, 0.1) is 22.8 Å². The van der Waals surface area contributed by atoms with Gasteiger partial charge in [-0.15, -0.1) is 0 Å². The Bertz CT molecular complexity index is 550. The van der Waals surface area contributed by atoms with Gasteiger partial charge in [0, 0.05) is 5.02 Å². The number of sulfone groups is 1. The summed E-state index contributed by atoms with van der Waals surface area (Å²) in [4.78, 5) is 10.6. The summed E-state index contributed by atoms with van der Waals surface area (Å²) in [6, 6.07) is 2.24. The van der Waals surface area contributed by atoms with Crippen LogP contribution in [-0.4, -0.2) is 37.0 Å². The van der Waals surface area contributed by atoms with E-state index < -0.39 is 28.2 Å². The highest BCUT2D eigenvalue weighted by Gasteiger charge is 2.20. The fourth-order valence-corrected chi connectivity index (χ4v) is 2.95. The number of hydrogen-bond acceptors (Lipinski definition) is 4. The van der Waals surface area contributed by atoms with Crippen LogP contribution in [0.5, 0.6) is 0 Å². The summed E-state index contributed by atoms with van der Waals surface area (Å²) in [7, 11) is -3.72. The third-order valence-corrected chi connectivity index (χ3v) is 4.45. The molecule has 0 saturated heterocycles. The number of hydrogen-bond donors (Lipinski definition) is 2. The molecule has 0 aliphatic carbocycles. The molecule has 0 bridgehead atoms. The predicted octanol–water partition coefficient (Wildman–Crippen LogP) is 1.11. The normalized spacial score (nSPS) is 11.5. The van der Waals surface area contributed by atoms with Crippen LogP contribution in [0.3, 0.4) is 0 Å². The lowest BCUT2D eigenvalue weighted by molar-refractivity contribution is 0.0696. The molecule has 1 aromatic carbocycles. The van der Waals surface area contributed by atoms with Gasteiger partial charge in [-0.05, 0) is 24.6 Å². The van der Waals surface area contributed by atoms with Gasteiger partial charge in [0.25, 0.3) is 0 Å². The molecule has 0 aliphatic rings. The molecule has 17 heavy (non-hydrogen) atoms. The van der Waals surface area contributed by atoms with Gasteiger partial charge in [-0.3, -0.25) is 0 Å². The Balaban J connectivity index is 3.48. The van der Waals surface area contributed by atoms with Crippen LogP contribution in [0.2, 0.25) is 5.02 Å². The Morgan fingerprint density at radius 2 is 2.00 bits per heavy atom. The monoisotopic (exact) mass is 278 g/mol. The second kappa shape index (κ2) is 5.03. The zero-order valence-electron chi connectivity index (χ0n) is 8.97. The molecule has 0 saturated carbocycles. The van der Waals surface area contributed by atoms with Crippen LogP contribution < -0.4 is 0 Å². The third kappa shape index (κ3) is 2.96. The molecule has 2 N–H and O–H groups in total. The zero-order valence-corrected chi connectivity index (χ0v) is 10.5. The number of carbonyl (C=O) groups is 1. The molecule has 0 fully saturated rings. The van der Waals surface area contributed by atoms with E-state index in [9.17, 15) is 13.2 Å². The number of aliphatic hydroxyl groups excluding tert-OH is 1. The number of carboxylic acids is 1. The van der Waals surface area contributed by atoms with Crippen LogP contribution in [0.15, 0.2) is 17.0 Å². The Kier molecular flexibility index (Phi) is 4.13. The highest BCUT2D eigenvalue weighted by atomic mass is 35.5. The van der Waals surface area contributed by atoms with Crippen molar-refractivity contribution < 1.29 is 23.4 Å². The van der Waals surface area contributed by atoms with Crippen LogP contribution in [0.25, 0.3) is 0 Å². The van der Waals surface area contributed by atoms with Gasteiger partial charge >= 0.3 is 5.97 Å². The van der Waals surface area contributed by atoms with E-state index >= 15 is 0 Å². The first kappa shape index (κ1) is 14.0. The van der Waals surface area contributed by atoms with Crippen LogP contribution >= 0.6 is 11.6 Å². The van der Waals surface area contributed by atoms with Crippen molar-refractivity contribution in [2.24, 2.45) is 0 Å². The summed E-state index contributed by atoms with van der Waals surface area (Å²) in [6.45, 7) is 0.953. The highest BCUT2D eigenvalue weighted by molar-refractivity contribution is 7.91. The van der Waals surface area contributed by atoms with Crippen molar-refractivity contribution in [2.75, 3.05) is 12.4 Å². The average molecular weight is 279 g/mol. The molecule has 0 spiro atoms. The van der Waals surface area contributed by atoms with Gasteiger partial charge in [0.15, 0.2) is 9.84 Å². The number of rotatable bonds is 4. The minimum absolute atomic E-state index is 0.0708. The summed E-state index contributed by atoms with van der Waals surface area (Å²) < 4.78 is 23.5. The van der Waals surface area contributed by atoms with E-state index in [0.717, 1.165) is 6.07 Å². The lowest BCUT2D eigenvalue weighted by atomic mass is 10.1. The van der Waals surface area contributed by atoms with Gasteiger partial charge in [0.2, 0.25) is 0 Å². The second-order valence-electron chi connectivity index (χ2n) is 3.43. The van der Waals surface area contributed by atoms with E-state index in [1.165, 1.54) is 13.0 Å². The lowest BCUT2D eigenvalue weighted by Crippen LogP contribution is -2.13. The van der Waals surface area contributed by atoms with E-state index in [0.29, 0.717) is 0 Å². The predicted molar refractivity (Wildman–Crippen MR) is 62.3 cm³/mol. The van der Waals surface area contributed by atoms with Crippen molar-refractivity contribution in [3.63, 3.8) is 0 Å². The fraction of sp³-hybridized carbons (Fsp3) is 0.300. The molecule has 0 aliphatic heterocycles. The second-order valence-corrected chi connectivity index (χ2v) is 5.91. The molecule has 0 radical (unpaired) electrons. The molecular formula is C10H11ClO5S. The average Bonchev–Trinajstić information content (AvgIpc) is 2.21. The number of benzene rings is 1. The molecule has 0 aromatic heterocycles. The van der Waals surface area contributed by atoms with Crippen molar-refractivity contribution in [3.8, 4) is 0 Å². The minimum atomic E-state index is -3.72. The van der Waals surface area contributed by atoms with Crippen molar-refractivity contribution >= 4 is 27.4 Å². The SMILES string of the molecule is Cc1c(Cl)cc(C(=O)O)cc1S(=O)(=O)CCO. The first-order chi connectivity index (χ1) is 7.79. The largest absolute Gasteiger partial charge is 0.478 e. The molecule has 5 nitrogen and oxygen atoms in total. The van der Waals surface area contributed by atoms with E-state index in [1.807, 2.05) is 0 Å². The van der Waals surface area contributed by atoms with Crippen molar-refractivity contribution in [3.05, 3.63) is 28.3 Å². The maximum absolute atomic E-state index is 11.8. The van der Waals surface area contributed by atoms with Gasteiger partial charge in [-0.2, -0.15) is 0 Å². The molecule has 0 unspecified atom stereocenters. The minimum Gasteiger partial charge on any atom is -0.478 e. The molecule has 7 heteroatoms. The van der Waals surface area contributed by atoms with Crippen molar-refractivity contribution in [1.29, 1.82) is 0 Å². The van der Waals surface area contributed by atoms with Crippen molar-refractivity contribution in [2.45, 2.75) is 11.8 Å². The zero-order chi connectivity index (χ0) is 13.2.